The fourth-order valence-corrected chi connectivity index (χ4v) is 4.84. The number of halogens is 2. The van der Waals surface area contributed by atoms with E-state index in [2.05, 4.69) is 50.4 Å². The second-order valence-corrected chi connectivity index (χ2v) is 10.5. The van der Waals surface area contributed by atoms with Crippen molar-refractivity contribution in [2.75, 3.05) is 5.32 Å². The smallest absolute Gasteiger partial charge is 0.394 e. The molecule has 5 rings (SSSR count). The van der Waals surface area contributed by atoms with Gasteiger partial charge in [0.2, 0.25) is 0 Å². The Morgan fingerprint density at radius 1 is 1.03 bits per heavy atom. The highest BCUT2D eigenvalue weighted by atomic mass is 35.5. The molecule has 0 spiro atoms. The van der Waals surface area contributed by atoms with E-state index in [0.717, 1.165) is 44.1 Å². The molecule has 2 aliphatic heterocycles. The van der Waals surface area contributed by atoms with Crippen LogP contribution in [0.3, 0.4) is 0 Å². The molecule has 6 nitrogen and oxygen atoms in total. The van der Waals surface area contributed by atoms with E-state index in [4.69, 9.17) is 33.9 Å². The van der Waals surface area contributed by atoms with Crippen LogP contribution in [0.4, 0.5) is 10.1 Å². The number of hydrogen-bond donors (Lipinski definition) is 3. The Balaban J connectivity index is 0.000000527. The van der Waals surface area contributed by atoms with Gasteiger partial charge in [-0.15, -0.1) is 0 Å². The predicted molar refractivity (Wildman–Crippen MR) is 136 cm³/mol. The first-order valence-corrected chi connectivity index (χ1v) is 12.6. The summed E-state index contributed by atoms with van der Waals surface area (Å²) >= 11 is 6.29. The van der Waals surface area contributed by atoms with Gasteiger partial charge in [0.05, 0.1) is 5.54 Å². The van der Waals surface area contributed by atoms with E-state index in [0.29, 0.717) is 5.75 Å². The van der Waals surface area contributed by atoms with E-state index in [1.165, 1.54) is 11.6 Å². The summed E-state index contributed by atoms with van der Waals surface area (Å²) in [5.74, 6) is 0.417. The van der Waals surface area contributed by atoms with Crippen LogP contribution in [-0.2, 0) is 10.4 Å². The van der Waals surface area contributed by atoms with Crippen LogP contribution in [0, 0.1) is 12.7 Å². The van der Waals surface area contributed by atoms with Gasteiger partial charge in [-0.2, -0.15) is 8.42 Å². The van der Waals surface area contributed by atoms with E-state index in [-0.39, 0.29) is 17.5 Å². The Morgan fingerprint density at radius 2 is 1.71 bits per heavy atom. The third kappa shape index (κ3) is 5.36. The normalized spacial score (nSPS) is 17.4. The molecule has 1 unspecified atom stereocenters. The van der Waals surface area contributed by atoms with Gasteiger partial charge in [0, 0.05) is 27.4 Å². The molecule has 9 heteroatoms. The number of benzene rings is 3. The monoisotopic (exact) mass is 517 g/mol. The summed E-state index contributed by atoms with van der Waals surface area (Å²) in [7, 11) is -4.67. The molecule has 0 saturated heterocycles. The zero-order valence-electron chi connectivity index (χ0n) is 19.6. The lowest BCUT2D eigenvalue weighted by Gasteiger charge is -2.37. The number of rotatable bonds is 1. The molecule has 0 aromatic heterocycles. The summed E-state index contributed by atoms with van der Waals surface area (Å²) in [6, 6.07) is 14.9. The summed E-state index contributed by atoms with van der Waals surface area (Å²) in [4.78, 5) is 0. The van der Waals surface area contributed by atoms with Crippen molar-refractivity contribution in [1.82, 2.24) is 0 Å². The van der Waals surface area contributed by atoms with Gasteiger partial charge >= 0.3 is 10.4 Å². The molecule has 1 atom stereocenters. The number of allylic oxidation sites excluding steroid dienone is 1. The van der Waals surface area contributed by atoms with Crippen LogP contribution in [0.1, 0.15) is 49.1 Å². The number of hydrogen-bond acceptors (Lipinski definition) is 4. The average molecular weight is 518 g/mol. The topological polar surface area (TPSA) is 95.9 Å². The predicted octanol–water partition coefficient (Wildman–Crippen LogP) is 6.89. The molecule has 3 N–H and O–H groups in total. The molecule has 35 heavy (non-hydrogen) atoms. The van der Waals surface area contributed by atoms with E-state index < -0.39 is 10.4 Å². The van der Waals surface area contributed by atoms with Crippen LogP contribution < -0.4 is 10.1 Å². The Bertz CT molecular complexity index is 1460. The van der Waals surface area contributed by atoms with Crippen molar-refractivity contribution in [2.45, 2.75) is 39.3 Å². The zero-order valence-corrected chi connectivity index (χ0v) is 21.1. The van der Waals surface area contributed by atoms with Crippen LogP contribution in [0.2, 0.25) is 5.02 Å². The number of aryl methyl sites for hydroxylation is 1. The lowest BCUT2D eigenvalue weighted by molar-refractivity contribution is 0.243. The Morgan fingerprint density at radius 3 is 2.37 bits per heavy atom. The number of anilines is 1. The van der Waals surface area contributed by atoms with Crippen molar-refractivity contribution in [2.24, 2.45) is 0 Å². The summed E-state index contributed by atoms with van der Waals surface area (Å²) in [5, 5.41) is 4.35. The fourth-order valence-electron chi connectivity index (χ4n) is 4.72. The van der Waals surface area contributed by atoms with Gasteiger partial charge in [-0.25, -0.2) is 4.39 Å². The maximum absolute atomic E-state index is 14.1. The Hall–Kier alpha value is -2.91. The first-order chi connectivity index (χ1) is 16.2. The molecular weight excluding hydrogens is 493 g/mol. The number of nitrogens with one attached hydrogen (secondary N) is 1. The van der Waals surface area contributed by atoms with E-state index in [1.54, 1.807) is 12.1 Å². The molecule has 0 amide bonds. The minimum Gasteiger partial charge on any atom is -0.480 e. The van der Waals surface area contributed by atoms with E-state index >= 15 is 0 Å². The Labute approximate surface area is 209 Å². The van der Waals surface area contributed by atoms with Gasteiger partial charge in [-0.3, -0.25) is 9.11 Å². The molecule has 0 bridgehead atoms. The minimum absolute atomic E-state index is 0.142. The molecule has 184 valence electrons. The largest absolute Gasteiger partial charge is 0.480 e. The fraction of sp³-hybridized carbons (Fsp3) is 0.231. The quantitative estimate of drug-likeness (QED) is 0.304. The van der Waals surface area contributed by atoms with E-state index in [9.17, 15) is 4.39 Å². The van der Waals surface area contributed by atoms with Gasteiger partial charge in [0.25, 0.3) is 0 Å². The van der Waals surface area contributed by atoms with E-state index in [1.807, 2.05) is 19.1 Å². The van der Waals surface area contributed by atoms with Crippen LogP contribution in [-0.4, -0.2) is 23.1 Å². The van der Waals surface area contributed by atoms with Crippen molar-refractivity contribution in [3.05, 3.63) is 87.7 Å². The van der Waals surface area contributed by atoms with Crippen molar-refractivity contribution >= 4 is 33.3 Å². The van der Waals surface area contributed by atoms with Crippen LogP contribution in [0.5, 0.6) is 5.75 Å². The molecule has 0 fully saturated rings. The summed E-state index contributed by atoms with van der Waals surface area (Å²) < 4.78 is 52.2. The molecule has 2 aliphatic rings. The van der Waals surface area contributed by atoms with Crippen molar-refractivity contribution in [3.8, 4) is 16.9 Å². The highest BCUT2D eigenvalue weighted by Crippen LogP contribution is 2.51. The Kier molecular flexibility index (Phi) is 6.44. The number of fused-ring (bicyclic) bond motifs is 5. The minimum atomic E-state index is -4.67. The van der Waals surface area contributed by atoms with Crippen molar-refractivity contribution in [1.29, 1.82) is 0 Å². The first kappa shape index (κ1) is 25.2. The summed E-state index contributed by atoms with van der Waals surface area (Å²) in [6.07, 6.45) is 1.93. The first-order valence-electron chi connectivity index (χ1n) is 10.8. The molecule has 2 heterocycles. The van der Waals surface area contributed by atoms with Gasteiger partial charge in [-0.05, 0) is 80.3 Å². The third-order valence-electron chi connectivity index (χ3n) is 5.90. The second kappa shape index (κ2) is 8.95. The van der Waals surface area contributed by atoms with Crippen LogP contribution >= 0.6 is 11.6 Å². The van der Waals surface area contributed by atoms with Gasteiger partial charge in [0.15, 0.2) is 6.10 Å². The highest BCUT2D eigenvalue weighted by molar-refractivity contribution is 7.79. The third-order valence-corrected chi connectivity index (χ3v) is 6.32. The second-order valence-electron chi connectivity index (χ2n) is 9.22. The average Bonchev–Trinajstić information content (AvgIpc) is 2.72. The lowest BCUT2D eigenvalue weighted by atomic mass is 9.80. The molecule has 0 saturated carbocycles. The number of ether oxygens (including phenoxy) is 1. The van der Waals surface area contributed by atoms with Gasteiger partial charge < -0.3 is 10.1 Å². The molecular formula is C26H25ClFNO5S. The molecule has 3 aromatic carbocycles. The molecule has 3 aromatic rings. The maximum atomic E-state index is 14.1. The lowest BCUT2D eigenvalue weighted by Crippen LogP contribution is -2.32. The van der Waals surface area contributed by atoms with Gasteiger partial charge in [0.1, 0.15) is 11.6 Å². The van der Waals surface area contributed by atoms with Gasteiger partial charge in [-0.1, -0.05) is 35.9 Å². The van der Waals surface area contributed by atoms with Crippen LogP contribution in [0.25, 0.3) is 16.7 Å². The molecule has 0 aliphatic carbocycles. The van der Waals surface area contributed by atoms with Crippen molar-refractivity contribution < 1.29 is 26.7 Å². The SMILES string of the molecule is CC1=CC(C)(C)Nc2ccc3c(c21)C(c1ccc(Cl)c(C)c1)Oc1ccc(F)cc1-3.O=S(=O)(O)O. The summed E-state index contributed by atoms with van der Waals surface area (Å²) in [6.45, 7) is 8.43. The standard InChI is InChI=1S/C26H23ClFNO.H2O4S/c1-14-11-16(5-8-20(14)27)25-24-18(19-12-17(28)6-10-22(19)30-25)7-9-21-23(24)15(2)13-26(3,4)29-21;1-5(2,3)4/h5-13,25,29H,1-4H3;(H2,1,2,3,4). The molecule has 0 radical (unpaired) electrons. The van der Waals surface area contributed by atoms with Crippen molar-refractivity contribution in [3.63, 3.8) is 0 Å². The highest BCUT2D eigenvalue weighted by Gasteiger charge is 2.34. The zero-order chi connectivity index (χ0) is 25.7. The van der Waals surface area contributed by atoms with Crippen LogP contribution in [0.15, 0.2) is 54.6 Å². The maximum Gasteiger partial charge on any atom is 0.394 e. The summed E-state index contributed by atoms with van der Waals surface area (Å²) in [5.41, 5.74) is 8.11.